The van der Waals surface area contributed by atoms with Crippen LogP contribution in [-0.2, 0) is 0 Å². The predicted octanol–water partition coefficient (Wildman–Crippen LogP) is 3.20. The summed E-state index contributed by atoms with van der Waals surface area (Å²) in [6.07, 6.45) is 12.5. The highest BCUT2D eigenvalue weighted by molar-refractivity contribution is 5.61. The summed E-state index contributed by atoms with van der Waals surface area (Å²) in [4.78, 5) is 13.0. The van der Waals surface area contributed by atoms with Crippen LogP contribution < -0.4 is 5.32 Å². The van der Waals surface area contributed by atoms with Crippen molar-refractivity contribution in [2.45, 2.75) is 38.6 Å². The van der Waals surface area contributed by atoms with Gasteiger partial charge in [-0.25, -0.2) is 9.97 Å². The van der Waals surface area contributed by atoms with Gasteiger partial charge in [-0.05, 0) is 31.4 Å². The first-order valence-corrected chi connectivity index (χ1v) is 6.82. The zero-order valence-electron chi connectivity index (χ0n) is 11.1. The molecule has 0 saturated heterocycles. The lowest BCUT2D eigenvalue weighted by molar-refractivity contribution is 0.744. The maximum Gasteiger partial charge on any atom is 0.222 e. The van der Waals surface area contributed by atoms with Gasteiger partial charge in [-0.3, -0.25) is 4.98 Å². The first-order chi connectivity index (χ1) is 9.31. The van der Waals surface area contributed by atoms with Crippen molar-refractivity contribution in [1.82, 2.24) is 15.0 Å². The second-order valence-corrected chi connectivity index (χ2v) is 5.17. The molecular weight excluding hydrogens is 236 g/mol. The van der Waals surface area contributed by atoms with Crippen molar-refractivity contribution in [2.24, 2.45) is 0 Å². The third-order valence-corrected chi connectivity index (χ3v) is 3.55. The normalized spacial score (nSPS) is 15.6. The molecule has 0 amide bonds. The number of nitrogens with one attached hydrogen (secondary N) is 1. The zero-order valence-corrected chi connectivity index (χ0v) is 11.1. The fourth-order valence-corrected chi connectivity index (χ4v) is 2.52. The van der Waals surface area contributed by atoms with Crippen molar-refractivity contribution >= 4 is 5.95 Å². The Morgan fingerprint density at radius 3 is 2.42 bits per heavy atom. The van der Waals surface area contributed by atoms with E-state index in [0.717, 1.165) is 22.6 Å². The summed E-state index contributed by atoms with van der Waals surface area (Å²) in [5.74, 6) is 0.733. The van der Waals surface area contributed by atoms with Gasteiger partial charge in [-0.15, -0.1) is 0 Å². The van der Waals surface area contributed by atoms with Crippen LogP contribution in [0.25, 0.3) is 11.1 Å². The van der Waals surface area contributed by atoms with Crippen molar-refractivity contribution in [3.05, 3.63) is 36.4 Å². The van der Waals surface area contributed by atoms with Crippen LogP contribution in [0.2, 0.25) is 0 Å². The van der Waals surface area contributed by atoms with Gasteiger partial charge in [-0.2, -0.15) is 0 Å². The van der Waals surface area contributed by atoms with Crippen molar-refractivity contribution in [1.29, 1.82) is 0 Å². The van der Waals surface area contributed by atoms with Crippen LogP contribution in [0.3, 0.4) is 0 Å². The van der Waals surface area contributed by atoms with Gasteiger partial charge >= 0.3 is 0 Å². The Labute approximate surface area is 113 Å². The van der Waals surface area contributed by atoms with Gasteiger partial charge in [-0.1, -0.05) is 12.8 Å². The Bertz CT molecular complexity index is 544. The molecule has 0 radical (unpaired) electrons. The molecule has 1 aliphatic carbocycles. The van der Waals surface area contributed by atoms with E-state index in [2.05, 4.69) is 26.3 Å². The Balaban J connectivity index is 1.74. The molecule has 98 valence electrons. The van der Waals surface area contributed by atoms with E-state index in [9.17, 15) is 0 Å². The first-order valence-electron chi connectivity index (χ1n) is 6.82. The summed E-state index contributed by atoms with van der Waals surface area (Å²) >= 11 is 0. The van der Waals surface area contributed by atoms with Crippen LogP contribution in [-0.4, -0.2) is 21.0 Å². The molecule has 3 rings (SSSR count). The third kappa shape index (κ3) is 2.89. The summed E-state index contributed by atoms with van der Waals surface area (Å²) in [5.41, 5.74) is 3.21. The number of hydrogen-bond acceptors (Lipinski definition) is 4. The topological polar surface area (TPSA) is 50.7 Å². The molecule has 0 aromatic carbocycles. The highest BCUT2D eigenvalue weighted by Crippen LogP contribution is 2.22. The average molecular weight is 254 g/mol. The minimum Gasteiger partial charge on any atom is -0.351 e. The Hall–Kier alpha value is -1.97. The first kappa shape index (κ1) is 12.1. The molecule has 1 saturated carbocycles. The van der Waals surface area contributed by atoms with Crippen LogP contribution in [0, 0.1) is 6.92 Å². The smallest absolute Gasteiger partial charge is 0.222 e. The molecule has 1 fully saturated rings. The lowest BCUT2D eigenvalue weighted by Gasteiger charge is -2.11. The van der Waals surface area contributed by atoms with E-state index in [1.54, 1.807) is 0 Å². The van der Waals surface area contributed by atoms with Gasteiger partial charge in [0.2, 0.25) is 5.95 Å². The highest BCUT2D eigenvalue weighted by atomic mass is 15.1. The van der Waals surface area contributed by atoms with E-state index in [1.807, 2.05) is 31.7 Å². The standard InChI is InChI=1S/C15H18N4/c1-11-6-12(8-16-7-11)13-9-17-15(18-10-13)19-14-4-2-3-5-14/h6-10,14H,2-5H2,1H3,(H,17,18,19). The minimum absolute atomic E-state index is 0.548. The Kier molecular flexibility index (Phi) is 3.40. The maximum atomic E-state index is 4.40. The molecule has 19 heavy (non-hydrogen) atoms. The summed E-state index contributed by atoms with van der Waals surface area (Å²) in [6.45, 7) is 2.04. The lowest BCUT2D eigenvalue weighted by Crippen LogP contribution is -2.16. The number of pyridine rings is 1. The van der Waals surface area contributed by atoms with Crippen LogP contribution in [0.4, 0.5) is 5.95 Å². The van der Waals surface area contributed by atoms with Gasteiger partial charge in [0.05, 0.1) is 0 Å². The Morgan fingerprint density at radius 2 is 1.74 bits per heavy atom. The summed E-state index contributed by atoms with van der Waals surface area (Å²) in [6, 6.07) is 2.64. The quantitative estimate of drug-likeness (QED) is 0.913. The molecule has 0 unspecified atom stereocenters. The fourth-order valence-electron chi connectivity index (χ4n) is 2.52. The molecule has 0 bridgehead atoms. The largest absolute Gasteiger partial charge is 0.351 e. The van der Waals surface area contributed by atoms with Crippen LogP contribution >= 0.6 is 0 Å². The predicted molar refractivity (Wildman–Crippen MR) is 75.9 cm³/mol. The second kappa shape index (κ2) is 5.34. The van der Waals surface area contributed by atoms with Crippen molar-refractivity contribution in [2.75, 3.05) is 5.32 Å². The molecule has 1 aliphatic rings. The molecule has 2 heterocycles. The summed E-state index contributed by atoms with van der Waals surface area (Å²) < 4.78 is 0. The van der Waals surface area contributed by atoms with E-state index in [4.69, 9.17) is 0 Å². The summed E-state index contributed by atoms with van der Waals surface area (Å²) in [7, 11) is 0. The average Bonchev–Trinajstić information content (AvgIpc) is 2.92. The van der Waals surface area contributed by atoms with Crippen molar-refractivity contribution in [3.63, 3.8) is 0 Å². The molecule has 0 atom stereocenters. The molecular formula is C15H18N4. The third-order valence-electron chi connectivity index (χ3n) is 3.55. The van der Waals surface area contributed by atoms with E-state index >= 15 is 0 Å². The Morgan fingerprint density at radius 1 is 1.00 bits per heavy atom. The molecule has 4 heteroatoms. The SMILES string of the molecule is Cc1cncc(-c2cnc(NC3CCCC3)nc2)c1. The minimum atomic E-state index is 0.548. The van der Waals surface area contributed by atoms with Gasteiger partial charge in [0.15, 0.2) is 0 Å². The van der Waals surface area contributed by atoms with Crippen molar-refractivity contribution in [3.8, 4) is 11.1 Å². The number of anilines is 1. The maximum absolute atomic E-state index is 4.40. The van der Waals surface area contributed by atoms with Crippen molar-refractivity contribution < 1.29 is 0 Å². The molecule has 4 nitrogen and oxygen atoms in total. The molecule has 0 aliphatic heterocycles. The van der Waals surface area contributed by atoms with E-state index in [-0.39, 0.29) is 0 Å². The van der Waals surface area contributed by atoms with Gasteiger partial charge < -0.3 is 5.32 Å². The number of hydrogen-bond donors (Lipinski definition) is 1. The van der Waals surface area contributed by atoms with E-state index in [0.29, 0.717) is 6.04 Å². The molecule has 2 aromatic heterocycles. The highest BCUT2D eigenvalue weighted by Gasteiger charge is 2.15. The zero-order chi connectivity index (χ0) is 13.1. The van der Waals surface area contributed by atoms with Gasteiger partial charge in [0.1, 0.15) is 0 Å². The van der Waals surface area contributed by atoms with Crippen LogP contribution in [0.5, 0.6) is 0 Å². The molecule has 1 N–H and O–H groups in total. The number of aromatic nitrogens is 3. The van der Waals surface area contributed by atoms with Gasteiger partial charge in [0.25, 0.3) is 0 Å². The van der Waals surface area contributed by atoms with Crippen LogP contribution in [0.15, 0.2) is 30.9 Å². The number of aryl methyl sites for hydroxylation is 1. The molecule has 2 aromatic rings. The number of nitrogens with zero attached hydrogens (tertiary/aromatic N) is 3. The van der Waals surface area contributed by atoms with E-state index in [1.165, 1.54) is 25.7 Å². The lowest BCUT2D eigenvalue weighted by atomic mass is 10.1. The van der Waals surface area contributed by atoms with Gasteiger partial charge in [0, 0.05) is 42.0 Å². The fraction of sp³-hybridized carbons (Fsp3) is 0.400. The second-order valence-electron chi connectivity index (χ2n) is 5.17. The number of rotatable bonds is 3. The van der Waals surface area contributed by atoms with Crippen LogP contribution in [0.1, 0.15) is 31.2 Å². The monoisotopic (exact) mass is 254 g/mol. The summed E-state index contributed by atoms with van der Waals surface area (Å²) in [5, 5.41) is 3.39. The molecule has 0 spiro atoms. The van der Waals surface area contributed by atoms with E-state index < -0.39 is 0 Å².